The van der Waals surface area contributed by atoms with Crippen LogP contribution in [0, 0.1) is 5.92 Å². The first-order valence-electron chi connectivity index (χ1n) is 9.58. The van der Waals surface area contributed by atoms with Crippen LogP contribution in [0.5, 0.6) is 0 Å². The first kappa shape index (κ1) is 17.2. The summed E-state index contributed by atoms with van der Waals surface area (Å²) in [5.74, 6) is 0.987. The molecule has 2 fully saturated rings. The molecule has 1 N–H and O–H groups in total. The fraction of sp³-hybridized carbons (Fsp3) is 0.550. The lowest BCUT2D eigenvalue weighted by Gasteiger charge is -2.32. The van der Waals surface area contributed by atoms with E-state index in [0.717, 1.165) is 43.8 Å². The van der Waals surface area contributed by atoms with E-state index in [9.17, 15) is 9.59 Å². The highest BCUT2D eigenvalue weighted by Gasteiger charge is 2.26. The molecule has 2 aromatic rings. The van der Waals surface area contributed by atoms with Gasteiger partial charge in [0.15, 0.2) is 0 Å². The Morgan fingerprint density at radius 2 is 1.85 bits per heavy atom. The van der Waals surface area contributed by atoms with Gasteiger partial charge in [0, 0.05) is 31.6 Å². The molecule has 0 radical (unpaired) electrons. The van der Waals surface area contributed by atoms with E-state index in [1.54, 1.807) is 13.1 Å². The Kier molecular flexibility index (Phi) is 4.76. The summed E-state index contributed by atoms with van der Waals surface area (Å²) in [4.78, 5) is 26.9. The number of nitrogens with one attached hydrogen (secondary N) is 1. The molecule has 1 aliphatic carbocycles. The third kappa shape index (κ3) is 3.65. The predicted molar refractivity (Wildman–Crippen MR) is 101 cm³/mol. The van der Waals surface area contributed by atoms with Gasteiger partial charge in [-0.1, -0.05) is 18.2 Å². The molecule has 0 atom stereocenters. The fourth-order valence-corrected chi connectivity index (χ4v) is 3.75. The van der Waals surface area contributed by atoms with E-state index in [1.807, 2.05) is 23.1 Å². The molecule has 6 nitrogen and oxygen atoms in total. The van der Waals surface area contributed by atoms with Gasteiger partial charge in [-0.05, 0) is 44.2 Å². The molecule has 1 aliphatic heterocycles. The number of benzene rings is 1. The number of carbonyl (C=O) groups excluding carboxylic acids is 1. The molecular weight excluding hydrogens is 328 g/mol. The van der Waals surface area contributed by atoms with Crippen LogP contribution in [0.15, 0.2) is 29.1 Å². The second kappa shape index (κ2) is 7.19. The Bertz CT molecular complexity index is 864. The van der Waals surface area contributed by atoms with E-state index < -0.39 is 0 Å². The van der Waals surface area contributed by atoms with Gasteiger partial charge >= 0.3 is 0 Å². The van der Waals surface area contributed by atoms with Gasteiger partial charge in [-0.2, -0.15) is 5.10 Å². The second-order valence-electron chi connectivity index (χ2n) is 7.60. The van der Waals surface area contributed by atoms with Gasteiger partial charge in [0.05, 0.1) is 17.5 Å². The van der Waals surface area contributed by atoms with Crippen LogP contribution in [-0.4, -0.2) is 46.3 Å². The topological polar surface area (TPSA) is 67.2 Å². The standard InChI is InChI=1S/C20H26N4O2/c1-23-20(26)17-5-3-2-4-16(17)18(22-23)12-19(25)24-10-8-15(9-11-24)21-13-14-6-7-14/h2-5,14-15,21H,6-13H2,1H3. The van der Waals surface area contributed by atoms with Crippen molar-refractivity contribution in [2.75, 3.05) is 19.6 Å². The Balaban J connectivity index is 1.41. The SMILES string of the molecule is Cn1nc(CC(=O)N2CCC(NCC3CC3)CC2)c2ccccc2c1=O. The Morgan fingerprint density at radius 1 is 1.15 bits per heavy atom. The molecule has 2 aliphatic rings. The number of carbonyl (C=O) groups is 1. The molecule has 26 heavy (non-hydrogen) atoms. The maximum Gasteiger partial charge on any atom is 0.274 e. The highest BCUT2D eigenvalue weighted by Crippen LogP contribution is 2.28. The van der Waals surface area contributed by atoms with E-state index in [0.29, 0.717) is 17.1 Å². The molecule has 0 spiro atoms. The molecule has 4 rings (SSSR count). The Labute approximate surface area is 153 Å². The number of amides is 1. The molecule has 6 heteroatoms. The van der Waals surface area contributed by atoms with Gasteiger partial charge < -0.3 is 10.2 Å². The number of likely N-dealkylation sites (tertiary alicyclic amines) is 1. The van der Waals surface area contributed by atoms with Crippen LogP contribution >= 0.6 is 0 Å². The summed E-state index contributed by atoms with van der Waals surface area (Å²) in [6.07, 6.45) is 5.00. The van der Waals surface area contributed by atoms with Gasteiger partial charge in [-0.25, -0.2) is 4.68 Å². The molecule has 138 valence electrons. The summed E-state index contributed by atoms with van der Waals surface area (Å²) >= 11 is 0. The van der Waals surface area contributed by atoms with Crippen LogP contribution in [0.1, 0.15) is 31.4 Å². The maximum absolute atomic E-state index is 12.8. The van der Waals surface area contributed by atoms with Crippen LogP contribution in [0.2, 0.25) is 0 Å². The minimum atomic E-state index is -0.126. The van der Waals surface area contributed by atoms with E-state index in [-0.39, 0.29) is 17.9 Å². The smallest absolute Gasteiger partial charge is 0.274 e. The van der Waals surface area contributed by atoms with Crippen molar-refractivity contribution in [3.8, 4) is 0 Å². The summed E-state index contributed by atoms with van der Waals surface area (Å²) in [5.41, 5.74) is 0.557. The van der Waals surface area contributed by atoms with Crippen molar-refractivity contribution < 1.29 is 4.79 Å². The summed E-state index contributed by atoms with van der Waals surface area (Å²) in [6.45, 7) is 2.72. The number of hydrogen-bond acceptors (Lipinski definition) is 4. The lowest BCUT2D eigenvalue weighted by molar-refractivity contribution is -0.131. The summed E-state index contributed by atoms with van der Waals surface area (Å²) in [7, 11) is 1.64. The number of aromatic nitrogens is 2. The van der Waals surface area contributed by atoms with Gasteiger partial charge in [0.25, 0.3) is 5.56 Å². The van der Waals surface area contributed by atoms with Crippen molar-refractivity contribution in [1.29, 1.82) is 0 Å². The van der Waals surface area contributed by atoms with Gasteiger partial charge in [0.2, 0.25) is 5.91 Å². The summed E-state index contributed by atoms with van der Waals surface area (Å²) in [6, 6.07) is 7.93. The summed E-state index contributed by atoms with van der Waals surface area (Å²) in [5, 5.41) is 9.40. The minimum absolute atomic E-state index is 0.0990. The number of rotatable bonds is 5. The third-order valence-electron chi connectivity index (χ3n) is 5.59. The molecule has 2 heterocycles. The number of nitrogens with zero attached hydrogens (tertiary/aromatic N) is 3. The number of fused-ring (bicyclic) bond motifs is 1. The molecular formula is C20H26N4O2. The normalized spacial score (nSPS) is 18.4. The van der Waals surface area contributed by atoms with Crippen LogP contribution < -0.4 is 10.9 Å². The number of hydrogen-bond donors (Lipinski definition) is 1. The van der Waals surface area contributed by atoms with E-state index in [4.69, 9.17) is 0 Å². The highest BCUT2D eigenvalue weighted by atomic mass is 16.2. The zero-order chi connectivity index (χ0) is 18.1. The van der Waals surface area contributed by atoms with Crippen molar-refractivity contribution >= 4 is 16.7 Å². The molecule has 1 aromatic carbocycles. The Morgan fingerprint density at radius 3 is 2.54 bits per heavy atom. The monoisotopic (exact) mass is 354 g/mol. The molecule has 1 saturated carbocycles. The first-order valence-corrected chi connectivity index (χ1v) is 9.58. The lowest BCUT2D eigenvalue weighted by atomic mass is 10.0. The Hall–Kier alpha value is -2.21. The highest BCUT2D eigenvalue weighted by molar-refractivity contribution is 5.88. The molecule has 1 saturated heterocycles. The molecule has 1 aromatic heterocycles. The van der Waals surface area contributed by atoms with E-state index in [1.165, 1.54) is 17.5 Å². The van der Waals surface area contributed by atoms with Gasteiger partial charge in [-0.15, -0.1) is 0 Å². The second-order valence-corrected chi connectivity index (χ2v) is 7.60. The van der Waals surface area contributed by atoms with Gasteiger partial charge in [0.1, 0.15) is 0 Å². The average molecular weight is 354 g/mol. The van der Waals surface area contributed by atoms with Crippen LogP contribution in [0.25, 0.3) is 10.8 Å². The van der Waals surface area contributed by atoms with Gasteiger partial charge in [-0.3, -0.25) is 9.59 Å². The number of piperidine rings is 1. The maximum atomic E-state index is 12.8. The fourth-order valence-electron chi connectivity index (χ4n) is 3.75. The van der Waals surface area contributed by atoms with Crippen molar-refractivity contribution in [2.45, 2.75) is 38.1 Å². The van der Waals surface area contributed by atoms with Crippen LogP contribution in [0.4, 0.5) is 0 Å². The average Bonchev–Trinajstić information content (AvgIpc) is 3.49. The summed E-state index contributed by atoms with van der Waals surface area (Å²) < 4.78 is 1.33. The molecule has 0 unspecified atom stereocenters. The van der Waals surface area contributed by atoms with E-state index >= 15 is 0 Å². The quantitative estimate of drug-likeness (QED) is 0.883. The van der Waals surface area contributed by atoms with Crippen LogP contribution in [-0.2, 0) is 18.3 Å². The molecule has 1 amide bonds. The van der Waals surface area contributed by atoms with Crippen molar-refractivity contribution in [1.82, 2.24) is 20.0 Å². The lowest BCUT2D eigenvalue weighted by Crippen LogP contribution is -2.46. The first-order chi connectivity index (χ1) is 12.6. The van der Waals surface area contributed by atoms with E-state index in [2.05, 4.69) is 10.4 Å². The van der Waals surface area contributed by atoms with Crippen molar-refractivity contribution in [3.63, 3.8) is 0 Å². The number of aryl methyl sites for hydroxylation is 1. The minimum Gasteiger partial charge on any atom is -0.342 e. The largest absolute Gasteiger partial charge is 0.342 e. The zero-order valence-corrected chi connectivity index (χ0v) is 15.3. The third-order valence-corrected chi connectivity index (χ3v) is 5.59. The van der Waals surface area contributed by atoms with Crippen molar-refractivity contribution in [3.05, 3.63) is 40.3 Å². The van der Waals surface area contributed by atoms with Crippen LogP contribution in [0.3, 0.4) is 0 Å². The van der Waals surface area contributed by atoms with Crippen molar-refractivity contribution in [2.24, 2.45) is 13.0 Å². The molecule has 0 bridgehead atoms. The zero-order valence-electron chi connectivity index (χ0n) is 15.3. The predicted octanol–water partition coefficient (Wildman–Crippen LogP) is 1.47.